The molecule has 0 aliphatic rings. The molecule has 0 fully saturated rings. The third-order valence-corrected chi connectivity index (χ3v) is 9.86. The summed E-state index contributed by atoms with van der Waals surface area (Å²) < 4.78 is 56.9. The van der Waals surface area contributed by atoms with Crippen LogP contribution >= 0.6 is 0 Å². The Morgan fingerprint density at radius 2 is 1.09 bits per heavy atom. The maximum Gasteiger partial charge on any atom is 0.373 e. The van der Waals surface area contributed by atoms with Gasteiger partial charge in [0.1, 0.15) is 40.3 Å². The van der Waals surface area contributed by atoms with Crippen molar-refractivity contribution in [3.05, 3.63) is 186 Å². The van der Waals surface area contributed by atoms with Crippen LogP contribution in [0.4, 0.5) is 8.78 Å². The number of carboxylic acids is 1. The number of oxazole rings is 2. The number of hydrogen-bond donors (Lipinski definition) is 1. The second-order valence-corrected chi connectivity index (χ2v) is 14.4. The van der Waals surface area contributed by atoms with Gasteiger partial charge in [-0.2, -0.15) is 9.59 Å². The fourth-order valence-electron chi connectivity index (χ4n) is 6.82. The summed E-state index contributed by atoms with van der Waals surface area (Å²) >= 11 is 0. The highest BCUT2D eigenvalue weighted by atomic mass is 19.1. The first kappa shape index (κ1) is 46.4. The lowest BCUT2D eigenvalue weighted by Crippen LogP contribution is -2.09. The van der Waals surface area contributed by atoms with E-state index >= 15 is 0 Å². The van der Waals surface area contributed by atoms with Gasteiger partial charge in [-0.05, 0) is 97.6 Å². The summed E-state index contributed by atoms with van der Waals surface area (Å²) in [5, 5.41) is 8.81. The summed E-state index contributed by atoms with van der Waals surface area (Å²) in [5.41, 5.74) is 6.73. The van der Waals surface area contributed by atoms with E-state index in [1.807, 2.05) is 78.9 Å². The van der Waals surface area contributed by atoms with Gasteiger partial charge in [0.05, 0.1) is 19.8 Å². The van der Waals surface area contributed by atoms with Crippen molar-refractivity contribution in [3.8, 4) is 62.4 Å². The van der Waals surface area contributed by atoms with Gasteiger partial charge >= 0.3 is 12.1 Å². The Hall–Kier alpha value is -8.15. The van der Waals surface area contributed by atoms with E-state index in [1.165, 1.54) is 12.1 Å². The number of aliphatic carboxylic acids is 1. The number of nitrogens with zero attached hydrogens (tertiary/aromatic N) is 2. The van der Waals surface area contributed by atoms with Crippen molar-refractivity contribution in [1.29, 1.82) is 0 Å². The third-order valence-electron chi connectivity index (χ3n) is 9.86. The molecule has 6 aromatic carbocycles. The molecule has 13 heteroatoms. The van der Waals surface area contributed by atoms with Crippen LogP contribution < -0.4 is 14.2 Å². The number of aromatic nitrogens is 2. The molecule has 8 aromatic rings. The number of methoxy groups -OCH3 is 2. The van der Waals surface area contributed by atoms with Gasteiger partial charge in [0, 0.05) is 29.5 Å². The van der Waals surface area contributed by atoms with E-state index in [9.17, 15) is 13.6 Å². The predicted octanol–water partition coefficient (Wildman–Crippen LogP) is 11.1. The topological polar surface area (TPSA) is 151 Å². The SMILES string of the molecule is COc1cccc(-c2oc(CCc3cccc(OCC(=O)O)c3)nc2-c2cccc(C)c2)c1.COc1cccc(CCc2nc(-c3ccccc3F)c(-c3ccccc3F)o2)c1.O=C=O. The number of halogens is 2. The lowest BCUT2D eigenvalue weighted by atomic mass is 10.0. The first-order chi connectivity index (χ1) is 31.6. The van der Waals surface area contributed by atoms with Crippen LogP contribution in [-0.4, -0.2) is 48.0 Å². The molecule has 0 aliphatic heterocycles. The van der Waals surface area contributed by atoms with Gasteiger partial charge in [-0.3, -0.25) is 0 Å². The van der Waals surface area contributed by atoms with Gasteiger partial charge < -0.3 is 28.2 Å². The zero-order valence-electron chi connectivity index (χ0n) is 35.8. The second-order valence-electron chi connectivity index (χ2n) is 14.4. The molecular weight excluding hydrogens is 835 g/mol. The van der Waals surface area contributed by atoms with Crippen LogP contribution in [0.2, 0.25) is 0 Å². The third kappa shape index (κ3) is 12.7. The van der Waals surface area contributed by atoms with E-state index in [2.05, 4.69) is 24.0 Å². The van der Waals surface area contributed by atoms with Crippen molar-refractivity contribution < 1.29 is 51.3 Å². The number of carboxylic acid groups (broad SMARTS) is 1. The minimum atomic E-state index is -1.01. The summed E-state index contributed by atoms with van der Waals surface area (Å²) in [6.45, 7) is 1.68. The number of ether oxygens (including phenoxy) is 3. The minimum absolute atomic E-state index is 0.230. The Balaban J connectivity index is 0.000000205. The smallest absolute Gasteiger partial charge is 0.373 e. The molecule has 0 amide bonds. The zero-order valence-corrected chi connectivity index (χ0v) is 35.8. The van der Waals surface area contributed by atoms with Crippen LogP contribution in [-0.2, 0) is 40.1 Å². The molecule has 1 N–H and O–H groups in total. The highest BCUT2D eigenvalue weighted by molar-refractivity contribution is 5.78. The standard InChI is InChI=1S/C27H25NO5.C24H19F2NO2.CO2/c1-18-6-3-8-20(14-18)26-27(21-9-5-10-22(16-21)31-2)33-24(28-26)13-12-19-7-4-11-23(15-19)32-17-25(29)30;1-28-17-8-6-7-16(15-17)13-14-22-27-23(18-9-2-4-11-20(18)25)24(29-22)19-10-3-5-12-21(19)26;2-1-3/h3-11,14-16H,12-13,17H2,1-2H3,(H,29,30);2-12,15H,13-14H2,1H3;. The zero-order chi connectivity index (χ0) is 46.1. The Morgan fingerprint density at radius 3 is 1.69 bits per heavy atom. The maximum absolute atomic E-state index is 14.4. The van der Waals surface area contributed by atoms with E-state index < -0.39 is 17.6 Å². The minimum Gasteiger partial charge on any atom is -0.497 e. The molecule has 2 heterocycles. The molecule has 0 spiro atoms. The highest BCUT2D eigenvalue weighted by Gasteiger charge is 2.22. The van der Waals surface area contributed by atoms with Gasteiger partial charge in [0.15, 0.2) is 29.9 Å². The number of benzene rings is 6. The molecule has 0 saturated carbocycles. The summed E-state index contributed by atoms with van der Waals surface area (Å²) in [5.74, 6) is 2.15. The van der Waals surface area contributed by atoms with Gasteiger partial charge in [-0.1, -0.05) is 84.4 Å². The van der Waals surface area contributed by atoms with Crippen molar-refractivity contribution in [2.75, 3.05) is 20.8 Å². The fraction of sp³-hybridized carbons (Fsp3) is 0.154. The van der Waals surface area contributed by atoms with E-state index in [-0.39, 0.29) is 29.6 Å². The predicted molar refractivity (Wildman–Crippen MR) is 238 cm³/mol. The van der Waals surface area contributed by atoms with Crippen molar-refractivity contribution >= 4 is 12.1 Å². The van der Waals surface area contributed by atoms with Crippen LogP contribution in [0.1, 0.15) is 28.5 Å². The molecule has 330 valence electrons. The number of aryl methyl sites for hydroxylation is 5. The van der Waals surface area contributed by atoms with Crippen LogP contribution in [0.25, 0.3) is 45.2 Å². The molecule has 0 bridgehead atoms. The average molecular weight is 879 g/mol. The first-order valence-electron chi connectivity index (χ1n) is 20.4. The summed E-state index contributed by atoms with van der Waals surface area (Å²) in [4.78, 5) is 36.3. The number of carbonyl (C=O) groups excluding carboxylic acids is 2. The maximum atomic E-state index is 14.4. The highest BCUT2D eigenvalue weighted by Crippen LogP contribution is 2.37. The molecule has 0 unspecified atom stereocenters. The van der Waals surface area contributed by atoms with Gasteiger partial charge in [0.2, 0.25) is 0 Å². The largest absolute Gasteiger partial charge is 0.497 e. The molecule has 0 saturated heterocycles. The molecule has 65 heavy (non-hydrogen) atoms. The first-order valence-corrected chi connectivity index (χ1v) is 20.4. The van der Waals surface area contributed by atoms with E-state index in [4.69, 9.17) is 42.7 Å². The van der Waals surface area contributed by atoms with Gasteiger partial charge in [-0.25, -0.2) is 23.5 Å². The van der Waals surface area contributed by atoms with Crippen molar-refractivity contribution in [1.82, 2.24) is 9.97 Å². The molecule has 11 nitrogen and oxygen atoms in total. The summed E-state index contributed by atoms with van der Waals surface area (Å²) in [7, 11) is 3.26. The van der Waals surface area contributed by atoms with Gasteiger partial charge in [0.25, 0.3) is 0 Å². The van der Waals surface area contributed by atoms with E-state index in [0.717, 1.165) is 45.0 Å². The Kier molecular flexibility index (Phi) is 16.3. The van der Waals surface area contributed by atoms with Crippen molar-refractivity contribution in [2.24, 2.45) is 0 Å². The lowest BCUT2D eigenvalue weighted by Gasteiger charge is -2.05. The quantitative estimate of drug-likeness (QED) is 0.105. The number of hydrogen-bond acceptors (Lipinski definition) is 10. The van der Waals surface area contributed by atoms with Crippen LogP contribution in [0.5, 0.6) is 17.2 Å². The number of carbonyl (C=O) groups is 1. The second kappa shape index (κ2) is 22.8. The van der Waals surface area contributed by atoms with Crippen molar-refractivity contribution in [3.63, 3.8) is 0 Å². The Morgan fingerprint density at radius 1 is 0.585 bits per heavy atom. The van der Waals surface area contributed by atoms with Crippen LogP contribution in [0.3, 0.4) is 0 Å². The van der Waals surface area contributed by atoms with Crippen LogP contribution in [0, 0.1) is 18.6 Å². The van der Waals surface area contributed by atoms with Crippen LogP contribution in [0.15, 0.2) is 154 Å². The summed E-state index contributed by atoms with van der Waals surface area (Å²) in [6.07, 6.45) is 2.66. The van der Waals surface area contributed by atoms with Gasteiger partial charge in [-0.15, -0.1) is 0 Å². The average Bonchev–Trinajstić information content (AvgIpc) is 3.96. The Labute approximate surface area is 373 Å². The summed E-state index contributed by atoms with van der Waals surface area (Å²) in [6, 6.07) is 43.6. The monoisotopic (exact) mass is 878 g/mol. The molecular formula is C52H44F2N2O9. The van der Waals surface area contributed by atoms with E-state index in [1.54, 1.807) is 56.7 Å². The van der Waals surface area contributed by atoms with E-state index in [0.29, 0.717) is 54.7 Å². The molecule has 2 aromatic heterocycles. The number of rotatable bonds is 15. The Bertz CT molecular complexity index is 2820. The molecule has 0 radical (unpaired) electrons. The fourth-order valence-corrected chi connectivity index (χ4v) is 6.82. The molecule has 8 rings (SSSR count). The molecule has 0 aliphatic carbocycles. The molecule has 0 atom stereocenters. The van der Waals surface area contributed by atoms with Crippen molar-refractivity contribution in [2.45, 2.75) is 32.6 Å². The normalized spacial score (nSPS) is 10.4. The lowest BCUT2D eigenvalue weighted by molar-refractivity contribution is -0.191.